The molecule has 0 N–H and O–H groups in total. The Balaban J connectivity index is 4.05. The average Bonchev–Trinajstić information content (AvgIpc) is 1.84. The molecule has 5 heteroatoms. The van der Waals surface area contributed by atoms with Gasteiger partial charge in [-0.15, -0.1) is 0 Å². The predicted molar refractivity (Wildman–Crippen MR) is 45.5 cm³/mol. The van der Waals surface area contributed by atoms with Crippen molar-refractivity contribution < 1.29 is 17.9 Å². The predicted octanol–water partition coefficient (Wildman–Crippen LogP) is 0.230. The monoisotopic (exact) mass is 194 g/mol. The van der Waals surface area contributed by atoms with Gasteiger partial charge in [-0.25, -0.2) is 8.42 Å². The normalized spacial score (nSPS) is 13.9. The van der Waals surface area contributed by atoms with E-state index < -0.39 is 21.7 Å². The number of esters is 1. The highest BCUT2D eigenvalue weighted by atomic mass is 32.2. The van der Waals surface area contributed by atoms with Crippen molar-refractivity contribution in [2.45, 2.75) is 13.8 Å². The fourth-order valence-corrected chi connectivity index (χ4v) is 1.85. The summed E-state index contributed by atoms with van der Waals surface area (Å²) in [4.78, 5) is 10.9. The molecule has 4 nitrogen and oxygen atoms in total. The van der Waals surface area contributed by atoms with Crippen LogP contribution in [0.25, 0.3) is 0 Å². The summed E-state index contributed by atoms with van der Waals surface area (Å²) >= 11 is 0. The number of sulfone groups is 1. The van der Waals surface area contributed by atoms with E-state index in [0.29, 0.717) is 0 Å². The molecule has 72 valence electrons. The molecular weight excluding hydrogens is 180 g/mol. The summed E-state index contributed by atoms with van der Waals surface area (Å²) in [5, 5.41) is 0. The van der Waals surface area contributed by atoms with E-state index in [9.17, 15) is 13.2 Å². The van der Waals surface area contributed by atoms with Crippen LogP contribution < -0.4 is 0 Å². The minimum atomic E-state index is -3.09. The molecule has 0 saturated heterocycles. The second-order valence-electron chi connectivity index (χ2n) is 2.75. The molecule has 0 aliphatic carbocycles. The number of carbonyl (C=O) groups is 1. The lowest BCUT2D eigenvalue weighted by Gasteiger charge is -2.08. The fourth-order valence-electron chi connectivity index (χ4n) is 0.807. The smallest absolute Gasteiger partial charge is 0.309 e. The van der Waals surface area contributed by atoms with Gasteiger partial charge in [0, 0.05) is 6.26 Å². The summed E-state index contributed by atoms with van der Waals surface area (Å²) in [6, 6.07) is 0. The van der Waals surface area contributed by atoms with Crippen LogP contribution in [0.5, 0.6) is 0 Å². The summed E-state index contributed by atoms with van der Waals surface area (Å²) in [5.74, 6) is -1.17. The van der Waals surface area contributed by atoms with Crippen LogP contribution in [0.1, 0.15) is 13.8 Å². The molecule has 1 unspecified atom stereocenters. The van der Waals surface area contributed by atoms with Crippen LogP contribution >= 0.6 is 0 Å². The van der Waals surface area contributed by atoms with Crippen molar-refractivity contribution in [3.8, 4) is 0 Å². The maximum absolute atomic E-state index is 10.9. The first kappa shape index (κ1) is 11.4. The zero-order chi connectivity index (χ0) is 9.78. The molecule has 0 amide bonds. The molecule has 0 spiro atoms. The minimum absolute atomic E-state index is 0.147. The Morgan fingerprint density at radius 2 is 2.00 bits per heavy atom. The Morgan fingerprint density at radius 3 is 2.33 bits per heavy atom. The van der Waals surface area contributed by atoms with Crippen molar-refractivity contribution in [1.82, 2.24) is 0 Å². The number of ether oxygens (including phenoxy) is 1. The van der Waals surface area contributed by atoms with E-state index >= 15 is 0 Å². The van der Waals surface area contributed by atoms with Gasteiger partial charge in [-0.1, -0.05) is 6.92 Å². The Kier molecular flexibility index (Phi) is 4.23. The van der Waals surface area contributed by atoms with Crippen molar-refractivity contribution in [3.05, 3.63) is 0 Å². The van der Waals surface area contributed by atoms with Crippen molar-refractivity contribution in [1.29, 1.82) is 0 Å². The summed E-state index contributed by atoms with van der Waals surface area (Å²) in [6.45, 7) is 3.51. The van der Waals surface area contributed by atoms with Crippen LogP contribution in [-0.4, -0.2) is 33.0 Å². The Labute approximate surface area is 72.8 Å². The topological polar surface area (TPSA) is 60.4 Å². The molecule has 0 fully saturated rings. The van der Waals surface area contributed by atoms with Crippen molar-refractivity contribution in [2.24, 2.45) is 5.92 Å². The molecule has 0 aliphatic heterocycles. The van der Waals surface area contributed by atoms with E-state index in [1.165, 1.54) is 0 Å². The maximum atomic E-state index is 10.9. The van der Waals surface area contributed by atoms with Gasteiger partial charge in [0.2, 0.25) is 0 Å². The highest BCUT2D eigenvalue weighted by Gasteiger charge is 2.18. The highest BCUT2D eigenvalue weighted by molar-refractivity contribution is 7.90. The third kappa shape index (κ3) is 5.12. The van der Waals surface area contributed by atoms with Crippen LogP contribution in [0, 0.1) is 5.92 Å². The number of rotatable bonds is 4. The number of carbonyl (C=O) groups excluding carboxylic acids is 1. The molecular formula is C7H14O4S. The van der Waals surface area contributed by atoms with Gasteiger partial charge < -0.3 is 4.74 Å². The molecule has 0 aromatic rings. The highest BCUT2D eigenvalue weighted by Crippen LogP contribution is 2.02. The van der Waals surface area contributed by atoms with E-state index in [1.54, 1.807) is 13.8 Å². The zero-order valence-electron chi connectivity index (χ0n) is 7.53. The van der Waals surface area contributed by atoms with E-state index in [0.717, 1.165) is 6.26 Å². The summed E-state index contributed by atoms with van der Waals surface area (Å²) < 4.78 is 26.1. The van der Waals surface area contributed by atoms with E-state index in [2.05, 4.69) is 4.74 Å². The lowest BCUT2D eigenvalue weighted by Crippen LogP contribution is -2.22. The molecule has 0 heterocycles. The molecule has 0 radical (unpaired) electrons. The van der Waals surface area contributed by atoms with Crippen molar-refractivity contribution in [3.63, 3.8) is 0 Å². The first-order valence-corrected chi connectivity index (χ1v) is 5.77. The van der Waals surface area contributed by atoms with Crippen LogP contribution in [0.2, 0.25) is 0 Å². The molecule has 0 bridgehead atoms. The first-order valence-electron chi connectivity index (χ1n) is 3.71. The van der Waals surface area contributed by atoms with E-state index in [-0.39, 0.29) is 12.4 Å². The molecule has 0 rings (SSSR count). The minimum Gasteiger partial charge on any atom is -0.466 e. The van der Waals surface area contributed by atoms with Gasteiger partial charge in [0.05, 0.1) is 18.3 Å². The lowest BCUT2D eigenvalue weighted by molar-refractivity contribution is -0.146. The fraction of sp³-hybridized carbons (Fsp3) is 0.857. The number of hydrogen-bond acceptors (Lipinski definition) is 4. The van der Waals surface area contributed by atoms with Gasteiger partial charge in [-0.05, 0) is 6.92 Å². The number of hydrogen-bond donors (Lipinski definition) is 0. The Bertz CT molecular complexity index is 242. The summed E-state index contributed by atoms with van der Waals surface area (Å²) in [7, 11) is -3.09. The quantitative estimate of drug-likeness (QED) is 0.601. The van der Waals surface area contributed by atoms with Gasteiger partial charge in [0.15, 0.2) is 0 Å². The van der Waals surface area contributed by atoms with Crippen LogP contribution in [-0.2, 0) is 19.4 Å². The third-order valence-corrected chi connectivity index (χ3v) is 2.35. The second kappa shape index (κ2) is 4.45. The standard InChI is InChI=1S/C7H14O4S/c1-4-11-7(8)6(2)5-12(3,9)10/h6H,4-5H2,1-3H3. The van der Waals surface area contributed by atoms with Gasteiger partial charge >= 0.3 is 5.97 Å². The summed E-state index contributed by atoms with van der Waals surface area (Å²) in [6.07, 6.45) is 1.10. The van der Waals surface area contributed by atoms with Crippen LogP contribution in [0.4, 0.5) is 0 Å². The Morgan fingerprint density at radius 1 is 1.50 bits per heavy atom. The molecule has 0 aliphatic rings. The van der Waals surface area contributed by atoms with E-state index in [1.807, 2.05) is 0 Å². The Hall–Kier alpha value is -0.580. The second-order valence-corrected chi connectivity index (χ2v) is 4.93. The van der Waals surface area contributed by atoms with Crippen LogP contribution in [0.3, 0.4) is 0 Å². The third-order valence-electron chi connectivity index (χ3n) is 1.24. The van der Waals surface area contributed by atoms with Gasteiger partial charge in [0.25, 0.3) is 0 Å². The average molecular weight is 194 g/mol. The van der Waals surface area contributed by atoms with E-state index in [4.69, 9.17) is 0 Å². The molecule has 0 saturated carbocycles. The lowest BCUT2D eigenvalue weighted by atomic mass is 10.2. The van der Waals surface area contributed by atoms with Gasteiger partial charge in [-0.2, -0.15) is 0 Å². The largest absolute Gasteiger partial charge is 0.466 e. The molecule has 12 heavy (non-hydrogen) atoms. The molecule has 0 aromatic carbocycles. The van der Waals surface area contributed by atoms with Crippen LogP contribution in [0.15, 0.2) is 0 Å². The first-order chi connectivity index (χ1) is 5.37. The summed E-state index contributed by atoms with van der Waals surface area (Å²) in [5.41, 5.74) is 0. The molecule has 0 aromatic heterocycles. The zero-order valence-corrected chi connectivity index (χ0v) is 8.35. The molecule has 1 atom stereocenters. The van der Waals surface area contributed by atoms with Crippen molar-refractivity contribution >= 4 is 15.8 Å². The SMILES string of the molecule is CCOC(=O)C(C)CS(C)(=O)=O. The maximum Gasteiger partial charge on any atom is 0.309 e. The van der Waals surface area contributed by atoms with Crippen molar-refractivity contribution in [2.75, 3.05) is 18.6 Å². The van der Waals surface area contributed by atoms with Gasteiger partial charge in [0.1, 0.15) is 9.84 Å². The van der Waals surface area contributed by atoms with Gasteiger partial charge in [-0.3, -0.25) is 4.79 Å².